The highest BCUT2D eigenvalue weighted by Crippen LogP contribution is 2.16. The molecule has 1 aromatic heterocycles. The maximum atomic E-state index is 11.8. The molecule has 0 radical (unpaired) electrons. The smallest absolute Gasteiger partial charge is 0.262 e. The second-order valence-electron chi connectivity index (χ2n) is 4.26. The molecule has 0 spiro atoms. The topological polar surface area (TPSA) is 86.5 Å². The van der Waals surface area contributed by atoms with Crippen molar-refractivity contribution in [2.75, 3.05) is 19.0 Å². The Bertz CT molecular complexity index is 599. The van der Waals surface area contributed by atoms with Crippen LogP contribution >= 0.6 is 0 Å². The van der Waals surface area contributed by atoms with E-state index in [4.69, 9.17) is 15.2 Å². The molecular weight excluding hydrogens is 270 g/mol. The molecule has 21 heavy (non-hydrogen) atoms. The molecule has 3 N–H and O–H groups in total. The summed E-state index contributed by atoms with van der Waals surface area (Å²) in [6.07, 6.45) is 1.54. The number of carbonyl (C=O) groups excluding carboxylic acids is 1. The number of nitrogens with two attached hydrogens (primary N) is 1. The van der Waals surface area contributed by atoms with Crippen molar-refractivity contribution in [3.8, 4) is 11.5 Å². The monoisotopic (exact) mass is 287 g/mol. The van der Waals surface area contributed by atoms with Gasteiger partial charge in [-0.2, -0.15) is 0 Å². The van der Waals surface area contributed by atoms with Gasteiger partial charge in [-0.05, 0) is 24.3 Å². The molecule has 0 saturated heterocycles. The van der Waals surface area contributed by atoms with Crippen LogP contribution < -0.4 is 20.5 Å². The van der Waals surface area contributed by atoms with Crippen molar-refractivity contribution in [1.82, 2.24) is 4.98 Å². The van der Waals surface area contributed by atoms with E-state index in [1.54, 1.807) is 49.7 Å². The molecular formula is C15H17N3O3. The summed E-state index contributed by atoms with van der Waals surface area (Å²) in [5.41, 5.74) is 6.87. The number of nitrogens with one attached hydrogen (secondary N) is 1. The van der Waals surface area contributed by atoms with Crippen LogP contribution in [-0.2, 0) is 11.3 Å². The number of hydrogen-bond acceptors (Lipinski definition) is 5. The summed E-state index contributed by atoms with van der Waals surface area (Å²) in [4.78, 5) is 15.9. The Kier molecular flexibility index (Phi) is 5.11. The molecule has 0 aliphatic rings. The van der Waals surface area contributed by atoms with Gasteiger partial charge >= 0.3 is 0 Å². The van der Waals surface area contributed by atoms with E-state index in [2.05, 4.69) is 10.3 Å². The number of nitrogens with zero attached hydrogens (tertiary/aromatic N) is 1. The van der Waals surface area contributed by atoms with Gasteiger partial charge in [-0.15, -0.1) is 0 Å². The number of rotatable bonds is 6. The second kappa shape index (κ2) is 7.25. The van der Waals surface area contributed by atoms with Gasteiger partial charge in [-0.25, -0.2) is 0 Å². The fraction of sp³-hybridized carbons (Fsp3) is 0.200. The van der Waals surface area contributed by atoms with Gasteiger partial charge in [-0.1, -0.05) is 6.07 Å². The minimum absolute atomic E-state index is 0.0964. The second-order valence-corrected chi connectivity index (χ2v) is 4.26. The van der Waals surface area contributed by atoms with Crippen LogP contribution in [0.5, 0.6) is 11.5 Å². The molecule has 0 saturated carbocycles. The normalized spacial score (nSPS) is 10.0. The predicted molar refractivity (Wildman–Crippen MR) is 79.2 cm³/mol. The third kappa shape index (κ3) is 4.47. The Morgan fingerprint density at radius 2 is 2.14 bits per heavy atom. The fourth-order valence-electron chi connectivity index (χ4n) is 1.66. The van der Waals surface area contributed by atoms with E-state index in [-0.39, 0.29) is 12.5 Å². The summed E-state index contributed by atoms with van der Waals surface area (Å²) in [6, 6.07) is 10.6. The SMILES string of the molecule is COc1cccc(NC(=O)COc2ccc(CN)nc2)c1. The number of aromatic nitrogens is 1. The van der Waals surface area contributed by atoms with Gasteiger partial charge in [0.25, 0.3) is 5.91 Å². The largest absolute Gasteiger partial charge is 0.497 e. The lowest BCUT2D eigenvalue weighted by Crippen LogP contribution is -2.20. The molecule has 0 aliphatic carbocycles. The lowest BCUT2D eigenvalue weighted by Gasteiger charge is -2.08. The standard InChI is InChI=1S/C15H17N3O3/c1-20-13-4-2-3-11(7-13)18-15(19)10-21-14-6-5-12(8-16)17-9-14/h2-7,9H,8,10,16H2,1H3,(H,18,19). The van der Waals surface area contributed by atoms with E-state index in [1.165, 1.54) is 0 Å². The predicted octanol–water partition coefficient (Wildman–Crippen LogP) is 1.57. The Balaban J connectivity index is 1.86. The quantitative estimate of drug-likeness (QED) is 0.842. The summed E-state index contributed by atoms with van der Waals surface area (Å²) >= 11 is 0. The first-order valence-corrected chi connectivity index (χ1v) is 6.43. The first kappa shape index (κ1) is 14.8. The summed E-state index contributed by atoms with van der Waals surface area (Å²) in [5, 5.41) is 2.73. The van der Waals surface area contributed by atoms with Gasteiger partial charge in [0.15, 0.2) is 6.61 Å². The Labute approximate surface area is 122 Å². The molecule has 0 fully saturated rings. The van der Waals surface area contributed by atoms with Crippen molar-refractivity contribution in [2.45, 2.75) is 6.54 Å². The molecule has 0 aliphatic heterocycles. The molecule has 1 heterocycles. The van der Waals surface area contributed by atoms with Gasteiger partial charge < -0.3 is 20.5 Å². The van der Waals surface area contributed by atoms with E-state index < -0.39 is 0 Å². The summed E-state index contributed by atoms with van der Waals surface area (Å²) < 4.78 is 10.4. The lowest BCUT2D eigenvalue weighted by molar-refractivity contribution is -0.118. The van der Waals surface area contributed by atoms with Crippen molar-refractivity contribution >= 4 is 11.6 Å². The van der Waals surface area contributed by atoms with E-state index in [0.717, 1.165) is 5.69 Å². The highest BCUT2D eigenvalue weighted by molar-refractivity contribution is 5.92. The maximum Gasteiger partial charge on any atom is 0.262 e. The number of anilines is 1. The highest BCUT2D eigenvalue weighted by atomic mass is 16.5. The van der Waals surface area contributed by atoms with Crippen LogP contribution in [0.4, 0.5) is 5.69 Å². The average Bonchev–Trinajstić information content (AvgIpc) is 2.53. The number of methoxy groups -OCH3 is 1. The van der Waals surface area contributed by atoms with E-state index >= 15 is 0 Å². The number of pyridine rings is 1. The molecule has 2 rings (SSSR count). The van der Waals surface area contributed by atoms with Crippen LogP contribution in [0.25, 0.3) is 0 Å². The Hall–Kier alpha value is -2.60. The molecule has 110 valence electrons. The number of ether oxygens (including phenoxy) is 2. The zero-order valence-electron chi connectivity index (χ0n) is 11.7. The Morgan fingerprint density at radius 3 is 2.81 bits per heavy atom. The molecule has 1 aromatic carbocycles. The molecule has 0 bridgehead atoms. The summed E-state index contributed by atoms with van der Waals surface area (Å²) in [7, 11) is 1.57. The minimum Gasteiger partial charge on any atom is -0.497 e. The number of hydrogen-bond donors (Lipinski definition) is 2. The van der Waals surface area contributed by atoms with Crippen molar-refractivity contribution < 1.29 is 14.3 Å². The van der Waals surface area contributed by atoms with E-state index in [0.29, 0.717) is 23.7 Å². The average molecular weight is 287 g/mol. The van der Waals surface area contributed by atoms with Crippen molar-refractivity contribution in [3.63, 3.8) is 0 Å². The third-order valence-electron chi connectivity index (χ3n) is 2.73. The van der Waals surface area contributed by atoms with Crippen molar-refractivity contribution in [1.29, 1.82) is 0 Å². The molecule has 6 heteroatoms. The molecule has 1 amide bonds. The van der Waals surface area contributed by atoms with Crippen LogP contribution in [0, 0.1) is 0 Å². The van der Waals surface area contributed by atoms with E-state index in [9.17, 15) is 4.79 Å². The van der Waals surface area contributed by atoms with Gasteiger partial charge in [0.05, 0.1) is 19.0 Å². The molecule has 2 aromatic rings. The number of amides is 1. The van der Waals surface area contributed by atoms with Crippen LogP contribution in [0.3, 0.4) is 0 Å². The van der Waals surface area contributed by atoms with Gasteiger partial charge in [0.2, 0.25) is 0 Å². The van der Waals surface area contributed by atoms with Crippen LogP contribution in [-0.4, -0.2) is 24.6 Å². The zero-order valence-corrected chi connectivity index (χ0v) is 11.7. The van der Waals surface area contributed by atoms with Gasteiger partial charge in [0.1, 0.15) is 11.5 Å². The lowest BCUT2D eigenvalue weighted by atomic mass is 10.3. The molecule has 0 unspecified atom stereocenters. The maximum absolute atomic E-state index is 11.8. The summed E-state index contributed by atoms with van der Waals surface area (Å²) in [5.74, 6) is 0.939. The Morgan fingerprint density at radius 1 is 1.29 bits per heavy atom. The number of benzene rings is 1. The highest BCUT2D eigenvalue weighted by Gasteiger charge is 2.05. The first-order chi connectivity index (χ1) is 10.2. The zero-order chi connectivity index (χ0) is 15.1. The van der Waals surface area contributed by atoms with Crippen molar-refractivity contribution in [2.24, 2.45) is 5.73 Å². The van der Waals surface area contributed by atoms with Gasteiger partial charge in [-0.3, -0.25) is 9.78 Å². The van der Waals surface area contributed by atoms with Crippen molar-refractivity contribution in [3.05, 3.63) is 48.3 Å². The first-order valence-electron chi connectivity index (χ1n) is 6.43. The fourth-order valence-corrected chi connectivity index (χ4v) is 1.66. The third-order valence-corrected chi connectivity index (χ3v) is 2.73. The molecule has 0 atom stereocenters. The van der Waals surface area contributed by atoms with E-state index in [1.807, 2.05) is 0 Å². The minimum atomic E-state index is -0.258. The number of carbonyl (C=O) groups is 1. The molecule has 6 nitrogen and oxygen atoms in total. The summed E-state index contributed by atoms with van der Waals surface area (Å²) in [6.45, 7) is 0.275. The van der Waals surface area contributed by atoms with Crippen LogP contribution in [0.2, 0.25) is 0 Å². The van der Waals surface area contributed by atoms with Gasteiger partial charge in [0, 0.05) is 18.3 Å². The van der Waals surface area contributed by atoms with Crippen LogP contribution in [0.15, 0.2) is 42.6 Å². The van der Waals surface area contributed by atoms with Crippen LogP contribution in [0.1, 0.15) is 5.69 Å².